The molecule has 0 bridgehead atoms. The third-order valence-corrected chi connectivity index (χ3v) is 4.02. The predicted molar refractivity (Wildman–Crippen MR) is 69.2 cm³/mol. The number of thioether (sulfide) groups is 1. The van der Waals surface area contributed by atoms with E-state index in [0.29, 0.717) is 13.1 Å². The summed E-state index contributed by atoms with van der Waals surface area (Å²) in [5.74, 6) is 0.967. The van der Waals surface area contributed by atoms with E-state index >= 15 is 0 Å². The molecule has 2 heterocycles. The van der Waals surface area contributed by atoms with E-state index in [9.17, 15) is 5.11 Å². The molecular weight excluding hydrogens is 236 g/mol. The Kier molecular flexibility index (Phi) is 4.44. The van der Waals surface area contributed by atoms with Crippen LogP contribution in [0.15, 0.2) is 17.6 Å². The van der Waals surface area contributed by atoms with E-state index in [2.05, 4.69) is 15.6 Å². The maximum atomic E-state index is 10.1. The van der Waals surface area contributed by atoms with Gasteiger partial charge in [-0.3, -0.25) is 0 Å². The van der Waals surface area contributed by atoms with Crippen LogP contribution in [-0.4, -0.2) is 52.2 Å². The molecule has 1 aromatic rings. The lowest BCUT2D eigenvalue weighted by Crippen LogP contribution is -2.42. The molecule has 1 saturated heterocycles. The van der Waals surface area contributed by atoms with Crippen LogP contribution in [0.1, 0.15) is 6.42 Å². The Morgan fingerprint density at radius 3 is 3.24 bits per heavy atom. The van der Waals surface area contributed by atoms with Crippen molar-refractivity contribution < 1.29 is 5.11 Å². The van der Waals surface area contributed by atoms with Gasteiger partial charge in [0.1, 0.15) is 0 Å². The summed E-state index contributed by atoms with van der Waals surface area (Å²) < 4.78 is 2.01. The lowest BCUT2D eigenvalue weighted by molar-refractivity contribution is 0.0619. The van der Waals surface area contributed by atoms with Crippen LogP contribution in [0.5, 0.6) is 0 Å². The molecule has 1 unspecified atom stereocenters. The molecule has 0 aromatic carbocycles. The van der Waals surface area contributed by atoms with Crippen LogP contribution in [0.25, 0.3) is 0 Å². The van der Waals surface area contributed by atoms with Crippen LogP contribution in [-0.2, 0) is 7.05 Å². The van der Waals surface area contributed by atoms with Gasteiger partial charge in [-0.25, -0.2) is 4.98 Å². The summed E-state index contributed by atoms with van der Waals surface area (Å²) in [5, 5.41) is 17.6. The largest absolute Gasteiger partial charge is 0.387 e. The second-order valence-electron chi connectivity index (χ2n) is 4.50. The maximum Gasteiger partial charge on any atom is 0.167 e. The van der Waals surface area contributed by atoms with E-state index in [-0.39, 0.29) is 0 Å². The normalized spacial score (nSPS) is 24.4. The van der Waals surface area contributed by atoms with Crippen molar-refractivity contribution in [3.8, 4) is 0 Å². The van der Waals surface area contributed by atoms with Gasteiger partial charge in [0.05, 0.1) is 5.60 Å². The molecule has 0 aliphatic carbocycles. The second kappa shape index (κ2) is 5.86. The Morgan fingerprint density at radius 2 is 2.59 bits per heavy atom. The molecule has 1 aliphatic rings. The van der Waals surface area contributed by atoms with Crippen LogP contribution < -0.4 is 10.6 Å². The van der Waals surface area contributed by atoms with Crippen molar-refractivity contribution in [1.29, 1.82) is 0 Å². The van der Waals surface area contributed by atoms with Crippen molar-refractivity contribution in [1.82, 2.24) is 20.2 Å². The van der Waals surface area contributed by atoms with Crippen molar-refractivity contribution in [3.05, 3.63) is 12.4 Å². The molecule has 96 valence electrons. The zero-order valence-corrected chi connectivity index (χ0v) is 11.0. The minimum Gasteiger partial charge on any atom is -0.387 e. The molecule has 2 rings (SSSR count). The van der Waals surface area contributed by atoms with E-state index < -0.39 is 5.60 Å². The smallest absolute Gasteiger partial charge is 0.167 e. The summed E-state index contributed by atoms with van der Waals surface area (Å²) in [6.45, 7) is 3.17. The molecule has 1 aliphatic heterocycles. The van der Waals surface area contributed by atoms with Crippen LogP contribution in [0.4, 0.5) is 0 Å². The van der Waals surface area contributed by atoms with Gasteiger partial charge in [0.15, 0.2) is 5.16 Å². The second-order valence-corrected chi connectivity index (χ2v) is 5.56. The lowest BCUT2D eigenvalue weighted by Gasteiger charge is -2.21. The monoisotopic (exact) mass is 256 g/mol. The standard InChI is InChI=1S/C11H20N4OS/c1-15-6-4-14-10(15)17-7-5-13-9-11(16)2-3-12-8-11/h4,6,12-13,16H,2-3,5,7-9H2,1H3. The van der Waals surface area contributed by atoms with E-state index in [4.69, 9.17) is 0 Å². The summed E-state index contributed by atoms with van der Waals surface area (Å²) in [7, 11) is 2.00. The maximum absolute atomic E-state index is 10.1. The van der Waals surface area contributed by atoms with E-state index in [0.717, 1.165) is 30.4 Å². The van der Waals surface area contributed by atoms with Gasteiger partial charge in [0.25, 0.3) is 0 Å². The zero-order valence-electron chi connectivity index (χ0n) is 10.1. The SMILES string of the molecule is Cn1ccnc1SCCNCC1(O)CCNC1. The van der Waals surface area contributed by atoms with Gasteiger partial charge in [0.2, 0.25) is 0 Å². The molecule has 1 aromatic heterocycles. The number of imidazole rings is 1. The average Bonchev–Trinajstić information content (AvgIpc) is 2.89. The van der Waals surface area contributed by atoms with Crippen LogP contribution in [0.2, 0.25) is 0 Å². The van der Waals surface area contributed by atoms with Gasteiger partial charge in [-0.15, -0.1) is 0 Å². The third kappa shape index (κ3) is 3.70. The first-order valence-electron chi connectivity index (χ1n) is 5.94. The Balaban J connectivity index is 1.59. The van der Waals surface area contributed by atoms with Gasteiger partial charge in [0, 0.05) is 44.8 Å². The summed E-state index contributed by atoms with van der Waals surface area (Å²) in [4.78, 5) is 4.24. The summed E-state index contributed by atoms with van der Waals surface area (Å²) in [6.07, 6.45) is 4.60. The third-order valence-electron chi connectivity index (χ3n) is 2.96. The van der Waals surface area contributed by atoms with Crippen LogP contribution in [0, 0.1) is 0 Å². The number of aliphatic hydroxyl groups is 1. The number of hydrogen-bond acceptors (Lipinski definition) is 5. The van der Waals surface area contributed by atoms with Crippen molar-refractivity contribution in [2.75, 3.05) is 31.9 Å². The van der Waals surface area contributed by atoms with E-state index in [1.165, 1.54) is 0 Å². The number of aromatic nitrogens is 2. The highest BCUT2D eigenvalue weighted by Crippen LogP contribution is 2.14. The molecule has 3 N–H and O–H groups in total. The predicted octanol–water partition coefficient (Wildman–Crippen LogP) is -0.174. The first-order chi connectivity index (χ1) is 8.20. The highest BCUT2D eigenvalue weighted by Gasteiger charge is 2.30. The molecule has 17 heavy (non-hydrogen) atoms. The number of hydrogen-bond donors (Lipinski definition) is 3. The number of nitrogens with one attached hydrogen (secondary N) is 2. The molecule has 0 spiro atoms. The minimum absolute atomic E-state index is 0.548. The van der Waals surface area contributed by atoms with Crippen molar-refractivity contribution in [2.24, 2.45) is 7.05 Å². The van der Waals surface area contributed by atoms with E-state index in [1.807, 2.05) is 24.0 Å². The number of nitrogens with zero attached hydrogens (tertiary/aromatic N) is 2. The van der Waals surface area contributed by atoms with Gasteiger partial charge in [-0.05, 0) is 13.0 Å². The first-order valence-corrected chi connectivity index (χ1v) is 6.92. The van der Waals surface area contributed by atoms with Crippen LogP contribution in [0.3, 0.4) is 0 Å². The van der Waals surface area contributed by atoms with Crippen LogP contribution >= 0.6 is 11.8 Å². The molecule has 6 heteroatoms. The molecular formula is C11H20N4OS. The molecule has 1 atom stereocenters. The Morgan fingerprint density at radius 1 is 1.71 bits per heavy atom. The minimum atomic E-state index is -0.548. The molecule has 5 nitrogen and oxygen atoms in total. The summed E-state index contributed by atoms with van der Waals surface area (Å²) in [5.41, 5.74) is -0.548. The van der Waals surface area contributed by atoms with Gasteiger partial charge in [-0.1, -0.05) is 11.8 Å². The van der Waals surface area contributed by atoms with Gasteiger partial charge >= 0.3 is 0 Å². The Hall–Kier alpha value is -0.560. The fourth-order valence-electron chi connectivity index (χ4n) is 1.91. The average molecular weight is 256 g/mol. The topological polar surface area (TPSA) is 62.1 Å². The highest BCUT2D eigenvalue weighted by molar-refractivity contribution is 7.99. The number of β-amino-alcohol motifs (C(OH)–C–C–N with tert-alkyl or cyclic N) is 1. The summed E-state index contributed by atoms with van der Waals surface area (Å²) in [6, 6.07) is 0. The highest BCUT2D eigenvalue weighted by atomic mass is 32.2. The van der Waals surface area contributed by atoms with Crippen molar-refractivity contribution in [2.45, 2.75) is 17.2 Å². The number of aryl methyl sites for hydroxylation is 1. The first kappa shape index (κ1) is 12.9. The molecule has 0 saturated carbocycles. The molecule has 0 amide bonds. The fourth-order valence-corrected chi connectivity index (χ4v) is 2.74. The van der Waals surface area contributed by atoms with Crippen molar-refractivity contribution in [3.63, 3.8) is 0 Å². The zero-order chi connectivity index (χ0) is 12.1. The fraction of sp³-hybridized carbons (Fsp3) is 0.727. The van der Waals surface area contributed by atoms with E-state index in [1.54, 1.807) is 11.8 Å². The molecule has 0 radical (unpaired) electrons. The molecule has 1 fully saturated rings. The quantitative estimate of drug-likeness (QED) is 0.487. The van der Waals surface area contributed by atoms with Gasteiger partial charge in [-0.2, -0.15) is 0 Å². The number of rotatable bonds is 6. The van der Waals surface area contributed by atoms with Gasteiger partial charge < -0.3 is 20.3 Å². The van der Waals surface area contributed by atoms with Crippen molar-refractivity contribution >= 4 is 11.8 Å². The lowest BCUT2D eigenvalue weighted by atomic mass is 10.0. The summed E-state index contributed by atoms with van der Waals surface area (Å²) >= 11 is 1.73. The Labute approximate surface area is 106 Å². The Bertz CT molecular complexity index is 349.